The molecule has 1 aliphatic carbocycles. The van der Waals surface area contributed by atoms with Crippen LogP contribution in [0.2, 0.25) is 0 Å². The molecule has 0 heterocycles. The highest BCUT2D eigenvalue weighted by atomic mass is 16.2. The molecule has 1 saturated carbocycles. The predicted molar refractivity (Wildman–Crippen MR) is 76.7 cm³/mol. The van der Waals surface area contributed by atoms with Gasteiger partial charge < -0.3 is 10.2 Å². The van der Waals surface area contributed by atoms with Gasteiger partial charge in [0.2, 0.25) is 11.8 Å². The Bertz CT molecular complexity index is 313. The summed E-state index contributed by atoms with van der Waals surface area (Å²) in [5.74, 6) is 0.475. The molecule has 0 aromatic rings. The summed E-state index contributed by atoms with van der Waals surface area (Å²) in [6.45, 7) is 9.18. The summed E-state index contributed by atoms with van der Waals surface area (Å²) in [6.07, 6.45) is 3.95. The fraction of sp³-hybridized carbons (Fsp3) is 0.867. The number of nitrogens with one attached hydrogen (secondary N) is 1. The molecule has 1 aliphatic rings. The predicted octanol–water partition coefficient (Wildman–Crippen LogP) is 2.19. The fourth-order valence-corrected chi connectivity index (χ4v) is 1.98. The summed E-state index contributed by atoms with van der Waals surface area (Å²) in [7, 11) is 0. The van der Waals surface area contributed by atoms with E-state index in [1.807, 2.05) is 32.6 Å². The van der Waals surface area contributed by atoms with Gasteiger partial charge in [-0.25, -0.2) is 0 Å². The number of amides is 2. The van der Waals surface area contributed by atoms with E-state index in [0.29, 0.717) is 19.1 Å². The average molecular weight is 268 g/mol. The Labute approximate surface area is 116 Å². The molecule has 0 unspecified atom stereocenters. The Morgan fingerprint density at radius 3 is 2.21 bits per heavy atom. The molecule has 1 rings (SSSR count). The van der Waals surface area contributed by atoms with Gasteiger partial charge in [-0.3, -0.25) is 9.59 Å². The first kappa shape index (κ1) is 16.0. The maximum absolute atomic E-state index is 12.2. The number of carbonyl (C=O) groups excluding carboxylic acids is 2. The molecule has 0 aliphatic heterocycles. The van der Waals surface area contributed by atoms with Gasteiger partial charge in [0, 0.05) is 31.0 Å². The molecule has 4 heteroatoms. The fourth-order valence-electron chi connectivity index (χ4n) is 1.98. The Hall–Kier alpha value is -1.06. The summed E-state index contributed by atoms with van der Waals surface area (Å²) in [6, 6.07) is 0.419. The molecular weight excluding hydrogens is 240 g/mol. The number of hydrogen-bond donors (Lipinski definition) is 1. The molecule has 2 amide bonds. The van der Waals surface area contributed by atoms with Crippen LogP contribution in [0.15, 0.2) is 0 Å². The van der Waals surface area contributed by atoms with Crippen molar-refractivity contribution in [1.82, 2.24) is 10.2 Å². The quantitative estimate of drug-likeness (QED) is 0.733. The zero-order chi connectivity index (χ0) is 14.4. The maximum Gasteiger partial charge on any atom is 0.225 e. The van der Waals surface area contributed by atoms with E-state index < -0.39 is 0 Å². The molecular formula is C15H28N2O2. The van der Waals surface area contributed by atoms with E-state index in [4.69, 9.17) is 0 Å². The molecule has 1 fully saturated rings. The van der Waals surface area contributed by atoms with E-state index in [0.717, 1.165) is 25.7 Å². The van der Waals surface area contributed by atoms with Crippen LogP contribution < -0.4 is 5.32 Å². The van der Waals surface area contributed by atoms with Gasteiger partial charge >= 0.3 is 0 Å². The van der Waals surface area contributed by atoms with Gasteiger partial charge in [-0.05, 0) is 25.7 Å². The second kappa shape index (κ2) is 7.51. The van der Waals surface area contributed by atoms with Crippen molar-refractivity contribution >= 4 is 11.8 Å². The smallest absolute Gasteiger partial charge is 0.225 e. The third-order valence-electron chi connectivity index (χ3n) is 4.02. The summed E-state index contributed by atoms with van der Waals surface area (Å²) in [5, 5.41) is 2.93. The van der Waals surface area contributed by atoms with Crippen molar-refractivity contribution in [2.75, 3.05) is 13.1 Å². The zero-order valence-corrected chi connectivity index (χ0v) is 12.7. The third kappa shape index (κ3) is 4.84. The largest absolute Gasteiger partial charge is 0.354 e. The van der Waals surface area contributed by atoms with Crippen LogP contribution >= 0.6 is 0 Å². The minimum atomic E-state index is 0.0552. The van der Waals surface area contributed by atoms with Crippen LogP contribution in [0.5, 0.6) is 0 Å². The molecule has 0 radical (unpaired) electrons. The summed E-state index contributed by atoms with van der Waals surface area (Å²) >= 11 is 0. The molecule has 1 N–H and O–H groups in total. The van der Waals surface area contributed by atoms with Gasteiger partial charge in [-0.2, -0.15) is 0 Å². The van der Waals surface area contributed by atoms with Crippen molar-refractivity contribution in [2.45, 2.75) is 59.4 Å². The van der Waals surface area contributed by atoms with Gasteiger partial charge in [-0.1, -0.05) is 27.7 Å². The normalized spacial score (nSPS) is 17.7. The molecule has 19 heavy (non-hydrogen) atoms. The van der Waals surface area contributed by atoms with Crippen molar-refractivity contribution in [3.05, 3.63) is 0 Å². The molecule has 0 bridgehead atoms. The molecule has 0 aromatic carbocycles. The van der Waals surface area contributed by atoms with Crippen LogP contribution in [0.1, 0.15) is 53.4 Å². The average Bonchev–Trinajstić information content (AvgIpc) is 3.25. The van der Waals surface area contributed by atoms with Crippen molar-refractivity contribution in [1.29, 1.82) is 0 Å². The maximum atomic E-state index is 12.2. The summed E-state index contributed by atoms with van der Waals surface area (Å²) in [4.78, 5) is 25.9. The SMILES string of the molecule is CC[C@H](C)C(=O)NCCN(C(=O)[C@@H](C)CC)C1CC1. The standard InChI is InChI=1S/C15H28N2O2/c1-5-11(3)14(18)16-9-10-17(13-7-8-13)15(19)12(4)6-2/h11-13H,5-10H2,1-4H3,(H,16,18)/t11-,12-/m0/s1. The first-order valence-electron chi connectivity index (χ1n) is 7.59. The number of hydrogen-bond acceptors (Lipinski definition) is 2. The van der Waals surface area contributed by atoms with E-state index in [2.05, 4.69) is 5.32 Å². The van der Waals surface area contributed by atoms with Crippen molar-refractivity contribution in [3.8, 4) is 0 Å². The van der Waals surface area contributed by atoms with Crippen LogP contribution in [0.3, 0.4) is 0 Å². The van der Waals surface area contributed by atoms with Gasteiger partial charge in [0.1, 0.15) is 0 Å². The second-order valence-electron chi connectivity index (χ2n) is 5.67. The molecule has 0 saturated heterocycles. The zero-order valence-electron chi connectivity index (χ0n) is 12.7. The summed E-state index contributed by atoms with van der Waals surface area (Å²) < 4.78 is 0. The number of rotatable bonds is 8. The van der Waals surface area contributed by atoms with Crippen LogP contribution in [-0.2, 0) is 9.59 Å². The second-order valence-corrected chi connectivity index (χ2v) is 5.67. The Morgan fingerprint density at radius 1 is 1.16 bits per heavy atom. The lowest BCUT2D eigenvalue weighted by atomic mass is 10.1. The van der Waals surface area contributed by atoms with Crippen LogP contribution in [0.25, 0.3) is 0 Å². The van der Waals surface area contributed by atoms with Gasteiger partial charge in [0.25, 0.3) is 0 Å². The molecule has 4 nitrogen and oxygen atoms in total. The third-order valence-corrected chi connectivity index (χ3v) is 4.02. The minimum absolute atomic E-state index is 0.0552. The topological polar surface area (TPSA) is 49.4 Å². The van der Waals surface area contributed by atoms with E-state index in [1.54, 1.807) is 0 Å². The molecule has 0 spiro atoms. The van der Waals surface area contributed by atoms with Crippen LogP contribution in [-0.4, -0.2) is 35.8 Å². The highest BCUT2D eigenvalue weighted by molar-refractivity contribution is 5.80. The summed E-state index contributed by atoms with van der Waals surface area (Å²) in [5.41, 5.74) is 0. The lowest BCUT2D eigenvalue weighted by molar-refractivity contribution is -0.136. The van der Waals surface area contributed by atoms with E-state index >= 15 is 0 Å². The highest BCUT2D eigenvalue weighted by Gasteiger charge is 2.33. The van der Waals surface area contributed by atoms with Crippen LogP contribution in [0, 0.1) is 11.8 Å². The lowest BCUT2D eigenvalue weighted by Crippen LogP contribution is -2.43. The lowest BCUT2D eigenvalue weighted by Gasteiger charge is -2.25. The van der Waals surface area contributed by atoms with E-state index in [9.17, 15) is 9.59 Å². The Balaban J connectivity index is 2.39. The van der Waals surface area contributed by atoms with Gasteiger partial charge in [0.05, 0.1) is 0 Å². The first-order valence-corrected chi connectivity index (χ1v) is 7.59. The van der Waals surface area contributed by atoms with Crippen molar-refractivity contribution in [2.24, 2.45) is 11.8 Å². The molecule has 110 valence electrons. The Kier molecular flexibility index (Phi) is 6.32. The highest BCUT2D eigenvalue weighted by Crippen LogP contribution is 2.28. The van der Waals surface area contributed by atoms with Gasteiger partial charge in [-0.15, -0.1) is 0 Å². The number of nitrogens with zero attached hydrogens (tertiary/aromatic N) is 1. The van der Waals surface area contributed by atoms with Gasteiger partial charge in [0.15, 0.2) is 0 Å². The van der Waals surface area contributed by atoms with E-state index in [1.165, 1.54) is 0 Å². The molecule has 2 atom stereocenters. The molecule has 0 aromatic heterocycles. The van der Waals surface area contributed by atoms with Crippen molar-refractivity contribution < 1.29 is 9.59 Å². The van der Waals surface area contributed by atoms with Crippen molar-refractivity contribution in [3.63, 3.8) is 0 Å². The monoisotopic (exact) mass is 268 g/mol. The first-order chi connectivity index (χ1) is 9.01. The van der Waals surface area contributed by atoms with E-state index in [-0.39, 0.29) is 23.7 Å². The Morgan fingerprint density at radius 2 is 1.74 bits per heavy atom. The number of carbonyl (C=O) groups is 2. The van der Waals surface area contributed by atoms with Crippen LogP contribution in [0.4, 0.5) is 0 Å². The minimum Gasteiger partial charge on any atom is -0.354 e.